The number of rotatable bonds is 0. The largest absolute Gasteiger partial charge is 0.299 e. The fourth-order valence-electron chi connectivity index (χ4n) is 4.78. The van der Waals surface area contributed by atoms with Crippen LogP contribution in [0.4, 0.5) is 0 Å². The number of carbonyl (C=O) groups is 1. The van der Waals surface area contributed by atoms with E-state index in [9.17, 15) is 4.79 Å². The summed E-state index contributed by atoms with van der Waals surface area (Å²) in [7, 11) is 0. The van der Waals surface area contributed by atoms with Gasteiger partial charge in [-0.05, 0) is 18.3 Å². The lowest BCUT2D eigenvalue weighted by atomic mass is 9.72. The summed E-state index contributed by atoms with van der Waals surface area (Å²) in [6.07, 6.45) is 1.30. The van der Waals surface area contributed by atoms with Crippen molar-refractivity contribution >= 4 is 75.4 Å². The fourth-order valence-corrected chi connectivity index (χ4v) is 7.93. The Morgan fingerprint density at radius 1 is 0.947 bits per heavy atom. The lowest BCUT2D eigenvalue weighted by molar-refractivity contribution is -0.124. The van der Waals surface area contributed by atoms with Gasteiger partial charge in [-0.15, -0.1) is 23.2 Å². The molecule has 0 N–H and O–H groups in total. The summed E-state index contributed by atoms with van der Waals surface area (Å²) < 4.78 is -1.49. The summed E-state index contributed by atoms with van der Waals surface area (Å²) >= 11 is 39.0. The zero-order chi connectivity index (χ0) is 14.0. The number of fused-ring (bicyclic) bond motifs is 9. The highest BCUT2D eigenvalue weighted by Crippen LogP contribution is 2.82. The van der Waals surface area contributed by atoms with Crippen molar-refractivity contribution in [2.45, 2.75) is 26.9 Å². The average Bonchev–Trinajstić information content (AvgIpc) is 2.95. The van der Waals surface area contributed by atoms with Crippen molar-refractivity contribution in [2.24, 2.45) is 23.7 Å². The van der Waals surface area contributed by atoms with Gasteiger partial charge in [-0.3, -0.25) is 4.79 Å². The summed E-state index contributed by atoms with van der Waals surface area (Å²) in [5.74, 6) is -0.0920. The Kier molecular flexibility index (Phi) is 2.58. The number of hydrogen-bond donors (Lipinski definition) is 0. The van der Waals surface area contributed by atoms with Gasteiger partial charge in [0.2, 0.25) is 0 Å². The summed E-state index contributed by atoms with van der Waals surface area (Å²) in [6.45, 7) is 0. The van der Waals surface area contributed by atoms with Crippen molar-refractivity contribution in [3.8, 4) is 0 Å². The number of allylic oxidation sites excluding steroid dienone is 2. The van der Waals surface area contributed by atoms with Crippen LogP contribution in [-0.2, 0) is 4.79 Å². The van der Waals surface area contributed by atoms with Crippen LogP contribution in [0.25, 0.3) is 0 Å². The molecule has 4 aliphatic rings. The van der Waals surface area contributed by atoms with Gasteiger partial charge in [-0.2, -0.15) is 0 Å². The molecule has 3 saturated carbocycles. The highest BCUT2D eigenvalue weighted by Gasteiger charge is 2.86. The molecule has 0 spiro atoms. The predicted octanol–water partition coefficient (Wildman–Crippen LogP) is 4.67. The number of carbonyl (C=O) groups excluding carboxylic acids is 1. The highest BCUT2D eigenvalue weighted by molar-refractivity contribution is 6.65. The molecular weight excluding hydrogens is 373 g/mol. The van der Waals surface area contributed by atoms with Crippen molar-refractivity contribution in [1.29, 1.82) is 0 Å². The zero-order valence-electron chi connectivity index (χ0n) is 9.40. The molecule has 0 aromatic rings. The van der Waals surface area contributed by atoms with E-state index in [2.05, 4.69) is 0 Å². The Morgan fingerprint density at radius 2 is 1.47 bits per heavy atom. The van der Waals surface area contributed by atoms with Gasteiger partial charge >= 0.3 is 0 Å². The van der Waals surface area contributed by atoms with Gasteiger partial charge in [-0.1, -0.05) is 46.4 Å². The maximum atomic E-state index is 12.0. The second kappa shape index (κ2) is 3.55. The minimum Gasteiger partial charge on any atom is -0.299 e. The van der Waals surface area contributed by atoms with Crippen molar-refractivity contribution in [3.05, 3.63) is 10.1 Å². The summed E-state index contributed by atoms with van der Waals surface area (Å²) in [4.78, 5) is 9.59. The van der Waals surface area contributed by atoms with Crippen LogP contribution in [0.15, 0.2) is 10.1 Å². The van der Waals surface area contributed by atoms with Crippen LogP contribution in [-0.4, -0.2) is 19.9 Å². The molecule has 0 unspecified atom stereocenters. The third-order valence-corrected chi connectivity index (χ3v) is 9.72. The zero-order valence-corrected chi connectivity index (χ0v) is 13.9. The molecule has 7 heteroatoms. The smallest absolute Gasteiger partial charge is 0.166 e. The maximum absolute atomic E-state index is 12.0. The Bertz CT molecular complexity index is 556. The summed E-state index contributed by atoms with van der Waals surface area (Å²) in [5.41, 5.74) is 0. The molecule has 3 fully saturated rings. The monoisotopic (exact) mass is 378 g/mol. The number of alkyl halides is 4. The molecule has 1 nitrogen and oxygen atoms in total. The first kappa shape index (κ1) is 13.8. The topological polar surface area (TPSA) is 17.1 Å². The van der Waals surface area contributed by atoms with E-state index in [1.54, 1.807) is 0 Å². The molecule has 104 valence electrons. The van der Waals surface area contributed by atoms with Crippen LogP contribution in [0.1, 0.15) is 12.8 Å². The lowest BCUT2D eigenvalue weighted by Gasteiger charge is -2.38. The van der Waals surface area contributed by atoms with Crippen LogP contribution < -0.4 is 0 Å². The number of ketones is 1. The van der Waals surface area contributed by atoms with Gasteiger partial charge in [0.25, 0.3) is 0 Å². The third kappa shape index (κ3) is 1.11. The molecule has 0 aliphatic heterocycles. The molecule has 0 radical (unpaired) electrons. The van der Waals surface area contributed by atoms with Crippen molar-refractivity contribution in [3.63, 3.8) is 0 Å². The van der Waals surface area contributed by atoms with Gasteiger partial charge in [0.1, 0.15) is 15.5 Å². The summed E-state index contributed by atoms with van der Waals surface area (Å²) in [5, 5.41) is 0.453. The first-order valence-electron chi connectivity index (χ1n) is 6.03. The minimum absolute atomic E-state index is 0.0839. The van der Waals surface area contributed by atoms with E-state index in [0.29, 0.717) is 6.42 Å². The van der Waals surface area contributed by atoms with Crippen LogP contribution in [0.5, 0.6) is 0 Å². The SMILES string of the molecule is O=C1C[C@H]2C[C@@H]1[C@@H]1[C@@H]2[C@]2(Cl)C(Cl)=C(Cl)[C@]1(Cl)C2(Cl)Cl. The number of hydrogen-bond acceptors (Lipinski definition) is 1. The first-order valence-corrected chi connectivity index (χ1v) is 8.30. The van der Waals surface area contributed by atoms with E-state index in [1.807, 2.05) is 0 Å². The molecular formula is C12H8Cl6O. The molecule has 6 atom stereocenters. The lowest BCUT2D eigenvalue weighted by Crippen LogP contribution is -2.46. The first-order chi connectivity index (χ1) is 8.69. The van der Waals surface area contributed by atoms with E-state index in [1.165, 1.54) is 0 Å². The molecule has 0 saturated heterocycles. The van der Waals surface area contributed by atoms with Crippen LogP contribution in [0, 0.1) is 23.7 Å². The quantitative estimate of drug-likeness (QED) is 0.440. The third-order valence-electron chi connectivity index (χ3n) is 5.43. The second-order valence-electron chi connectivity index (χ2n) is 5.95. The maximum Gasteiger partial charge on any atom is 0.166 e. The van der Waals surface area contributed by atoms with E-state index in [0.717, 1.165) is 6.42 Å². The molecule has 0 amide bonds. The van der Waals surface area contributed by atoms with Crippen molar-refractivity contribution in [2.75, 3.05) is 0 Å². The van der Waals surface area contributed by atoms with Gasteiger partial charge in [0.15, 0.2) is 4.33 Å². The van der Waals surface area contributed by atoms with Gasteiger partial charge in [-0.25, -0.2) is 0 Å². The Hall–Kier alpha value is 1.15. The van der Waals surface area contributed by atoms with Crippen LogP contribution in [0.3, 0.4) is 0 Å². The normalized spacial score (nSPS) is 57.3. The molecule has 0 aromatic carbocycles. The fraction of sp³-hybridized carbons (Fsp3) is 0.750. The van der Waals surface area contributed by atoms with E-state index in [4.69, 9.17) is 69.6 Å². The Morgan fingerprint density at radius 3 is 2.05 bits per heavy atom. The Balaban J connectivity index is 2.01. The molecule has 0 aromatic heterocycles. The molecule has 0 heterocycles. The average molecular weight is 381 g/mol. The van der Waals surface area contributed by atoms with Crippen LogP contribution in [0.2, 0.25) is 0 Å². The predicted molar refractivity (Wildman–Crippen MR) is 78.5 cm³/mol. The van der Waals surface area contributed by atoms with Crippen LogP contribution >= 0.6 is 69.6 Å². The molecule has 4 rings (SSSR count). The van der Waals surface area contributed by atoms with E-state index in [-0.39, 0.29) is 39.5 Å². The second-order valence-corrected chi connectivity index (χ2v) is 9.23. The molecule has 4 bridgehead atoms. The standard InChI is InChI=1S/C12H8Cl6O/c13-8-9(14)11(16)7-4-1-3(2-5(4)19)6(7)10(8,15)12(11,17)18/h3-4,6-7H,1-2H2/t3-,4+,6-,7-,10+,11+/m1/s1. The van der Waals surface area contributed by atoms with Crippen molar-refractivity contribution < 1.29 is 4.79 Å². The Labute approximate surface area is 140 Å². The number of halogens is 6. The van der Waals surface area contributed by atoms with Gasteiger partial charge in [0, 0.05) is 18.3 Å². The number of Topliss-reactive ketones (excluding diaryl/α,β-unsaturated/α-hetero) is 1. The van der Waals surface area contributed by atoms with Crippen molar-refractivity contribution in [1.82, 2.24) is 0 Å². The highest BCUT2D eigenvalue weighted by atomic mass is 35.5. The van der Waals surface area contributed by atoms with E-state index < -0.39 is 14.1 Å². The molecule has 4 aliphatic carbocycles. The van der Waals surface area contributed by atoms with Gasteiger partial charge < -0.3 is 0 Å². The minimum atomic E-state index is -1.49. The van der Waals surface area contributed by atoms with Gasteiger partial charge in [0.05, 0.1) is 10.1 Å². The molecule has 19 heavy (non-hydrogen) atoms. The van der Waals surface area contributed by atoms with E-state index >= 15 is 0 Å². The summed E-state index contributed by atoms with van der Waals surface area (Å²) in [6, 6.07) is 0.